The molecule has 2 heterocycles. The minimum absolute atomic E-state index is 0. The van der Waals surface area contributed by atoms with Crippen molar-refractivity contribution < 1.29 is 79.0 Å². The summed E-state index contributed by atoms with van der Waals surface area (Å²) in [4.78, 5) is 51.3. The first-order valence-corrected chi connectivity index (χ1v) is 20.7. The van der Waals surface area contributed by atoms with Crippen LogP contribution in [0.1, 0.15) is 106 Å². The van der Waals surface area contributed by atoms with E-state index in [9.17, 15) is 60.0 Å². The van der Waals surface area contributed by atoms with Gasteiger partial charge in [0.15, 0.2) is 30.6 Å². The van der Waals surface area contributed by atoms with Gasteiger partial charge in [-0.15, -0.1) is 0 Å². The zero-order valence-electron chi connectivity index (χ0n) is 36.4. The van der Waals surface area contributed by atoms with Gasteiger partial charge in [0.05, 0.1) is 11.5 Å². The van der Waals surface area contributed by atoms with Crippen LogP contribution in [0, 0.1) is 50.2 Å². The average molecular weight is 901 g/mol. The molecule has 328 valence electrons. The fourth-order valence-electron chi connectivity index (χ4n) is 13.4. The van der Waals surface area contributed by atoms with E-state index in [-0.39, 0.29) is 137 Å². The molecule has 2 radical (unpaired) electrons. The van der Waals surface area contributed by atoms with Crippen LogP contribution >= 0.6 is 0 Å². The second kappa shape index (κ2) is 17.8. The summed E-state index contributed by atoms with van der Waals surface area (Å²) < 4.78 is 23.4. The van der Waals surface area contributed by atoms with Crippen molar-refractivity contribution in [1.82, 2.24) is 0 Å². The van der Waals surface area contributed by atoms with Gasteiger partial charge in [0.2, 0.25) is 0 Å². The Morgan fingerprint density at radius 2 is 1.25 bits per heavy atom. The standard InChI is InChI=1S/C42H62O16.2K/c1-37(2)21-8-11-42(7)31(20(43)16-18-19-17-39(4,36(53)54)13-12-38(19,3)14-15-41(18,42)6)40(21,5)10-9-22(37)55-35-30(26(47)25(46)29(57-35)33(51)52)58-34-27(48)23(44)24(45)28(56-34)32(49)50;;/h16,19,21-31,34-35,44-48H,8-15,17H2,1-7H3,(H,49,50)(H,51,52)(H,53,54);;/t19-,21-,22-,23-,24-,25-,26-,27+,28-,29-,30+,31+,34-,35-,38+,39-,40-,41+,42+;;/m0../s1. The Labute approximate surface area is 435 Å². The molecular weight excluding hydrogens is 839 g/mol. The maximum atomic E-state index is 14.8. The molecule has 4 saturated carbocycles. The molecule has 0 amide bonds. The number of fused-ring (bicyclic) bond motifs is 7. The number of rotatable bonds is 7. The molecule has 7 rings (SSSR count). The van der Waals surface area contributed by atoms with Crippen LogP contribution in [-0.4, -0.2) is 235 Å². The number of ketones is 1. The minimum atomic E-state index is -2.05. The van der Waals surface area contributed by atoms with E-state index in [1.807, 2.05) is 26.8 Å². The van der Waals surface area contributed by atoms with Crippen LogP contribution in [0.2, 0.25) is 0 Å². The second-order valence-corrected chi connectivity index (χ2v) is 20.6. The van der Waals surface area contributed by atoms with Crippen molar-refractivity contribution in [3.63, 3.8) is 0 Å². The van der Waals surface area contributed by atoms with E-state index < -0.39 is 107 Å². The fraction of sp³-hybridized carbons (Fsp3) is 0.857. The van der Waals surface area contributed by atoms with Gasteiger partial charge in [0, 0.05) is 109 Å². The smallest absolute Gasteiger partial charge is 0.335 e. The topological polar surface area (TPSA) is 267 Å². The number of carbonyl (C=O) groups is 4. The molecule has 6 fully saturated rings. The van der Waals surface area contributed by atoms with Crippen molar-refractivity contribution in [2.45, 2.75) is 174 Å². The van der Waals surface area contributed by atoms with Gasteiger partial charge in [-0.2, -0.15) is 0 Å². The normalized spacial score (nSPS) is 50.8. The molecule has 5 aliphatic carbocycles. The largest absolute Gasteiger partial charge is 0.481 e. The Balaban J connectivity index is 0.00000341. The average Bonchev–Trinajstić information content (AvgIpc) is 3.13. The third-order valence-electron chi connectivity index (χ3n) is 17.2. The number of allylic oxidation sites excluding steroid dienone is 2. The van der Waals surface area contributed by atoms with Crippen molar-refractivity contribution in [3.05, 3.63) is 11.6 Å². The number of carboxylic acid groups (broad SMARTS) is 3. The minimum Gasteiger partial charge on any atom is -0.481 e. The molecule has 16 nitrogen and oxygen atoms in total. The van der Waals surface area contributed by atoms with Gasteiger partial charge < -0.3 is 59.8 Å². The Hall–Kier alpha value is 0.733. The maximum absolute atomic E-state index is 14.8. The van der Waals surface area contributed by atoms with Crippen molar-refractivity contribution in [1.29, 1.82) is 0 Å². The number of ether oxygens (including phenoxy) is 4. The van der Waals surface area contributed by atoms with E-state index in [0.717, 1.165) is 37.7 Å². The molecule has 2 saturated heterocycles. The molecule has 18 heteroatoms. The summed E-state index contributed by atoms with van der Waals surface area (Å²) in [7, 11) is 0. The summed E-state index contributed by atoms with van der Waals surface area (Å²) in [6.45, 7) is 14.8. The molecule has 0 bridgehead atoms. The second-order valence-electron chi connectivity index (χ2n) is 20.6. The van der Waals surface area contributed by atoms with E-state index >= 15 is 0 Å². The molecule has 0 aromatic rings. The third-order valence-corrected chi connectivity index (χ3v) is 17.2. The maximum Gasteiger partial charge on any atom is 0.335 e. The van der Waals surface area contributed by atoms with Crippen LogP contribution < -0.4 is 0 Å². The van der Waals surface area contributed by atoms with E-state index in [1.165, 1.54) is 0 Å². The van der Waals surface area contributed by atoms with Gasteiger partial charge in [0.25, 0.3) is 0 Å². The predicted octanol–water partition coefficient (Wildman–Crippen LogP) is 1.48. The Morgan fingerprint density at radius 1 is 0.683 bits per heavy atom. The SMILES string of the molecule is CC1(C)[C@@H](O[C@H]2O[C@H](C(=O)O)[C@@H](O)[C@H](O)[C@H]2O[C@@H]2O[C@H](C(=O)O)[C@@H](O)[C@H](O)[C@H]2O)CC[C@]2(C)[C@H]3C(=O)C=C4[C@@H]5C[C@@](C)(C(=O)O)CC[C@]5(C)CC[C@@]4(C)[C@]3(C)CC[C@@H]12.[K].[K]. The summed E-state index contributed by atoms with van der Waals surface area (Å²) in [5.74, 6) is -4.47. The molecular formula is C42H62K2O16. The van der Waals surface area contributed by atoms with Crippen molar-refractivity contribution >= 4 is 126 Å². The number of hydrogen-bond acceptors (Lipinski definition) is 13. The van der Waals surface area contributed by atoms with Gasteiger partial charge in [-0.3, -0.25) is 9.59 Å². The first kappa shape index (κ1) is 51.7. The quantitative estimate of drug-likeness (QED) is 0.133. The van der Waals surface area contributed by atoms with Crippen LogP contribution in [0.3, 0.4) is 0 Å². The Kier molecular flexibility index (Phi) is 15.3. The molecule has 0 aromatic carbocycles. The summed E-state index contributed by atoms with van der Waals surface area (Å²) in [5.41, 5.74) is -1.81. The number of carboxylic acids is 3. The number of aliphatic hydroxyl groups is 5. The summed E-state index contributed by atoms with van der Waals surface area (Å²) in [6, 6.07) is 0. The summed E-state index contributed by atoms with van der Waals surface area (Å²) >= 11 is 0. The number of aliphatic carboxylic acids is 3. The van der Waals surface area contributed by atoms with Crippen LogP contribution in [0.4, 0.5) is 0 Å². The molecule has 0 unspecified atom stereocenters. The van der Waals surface area contributed by atoms with E-state index in [1.54, 1.807) is 0 Å². The molecule has 60 heavy (non-hydrogen) atoms. The molecule has 7 aliphatic rings. The van der Waals surface area contributed by atoms with Gasteiger partial charge in [-0.05, 0) is 110 Å². The zero-order chi connectivity index (χ0) is 42.9. The number of aliphatic hydroxyl groups excluding tert-OH is 5. The molecule has 0 spiro atoms. The van der Waals surface area contributed by atoms with Crippen LogP contribution in [0.5, 0.6) is 0 Å². The first-order chi connectivity index (χ1) is 26.8. The van der Waals surface area contributed by atoms with Gasteiger partial charge in [-0.1, -0.05) is 47.1 Å². The van der Waals surface area contributed by atoms with Crippen LogP contribution in [-0.2, 0) is 38.1 Å². The van der Waals surface area contributed by atoms with Crippen molar-refractivity contribution in [3.8, 4) is 0 Å². The number of carbonyl (C=O) groups excluding carboxylic acids is 1. The Morgan fingerprint density at radius 3 is 1.83 bits per heavy atom. The van der Waals surface area contributed by atoms with Gasteiger partial charge in [0.1, 0.15) is 36.6 Å². The Bertz CT molecular complexity index is 1740. The van der Waals surface area contributed by atoms with E-state index in [0.29, 0.717) is 25.7 Å². The zero-order valence-corrected chi connectivity index (χ0v) is 42.6. The summed E-state index contributed by atoms with van der Waals surface area (Å²) in [5, 5.41) is 83.0. The third kappa shape index (κ3) is 7.97. The van der Waals surface area contributed by atoms with Crippen molar-refractivity contribution in [2.75, 3.05) is 0 Å². The van der Waals surface area contributed by atoms with Gasteiger partial charge >= 0.3 is 17.9 Å². The molecule has 19 atom stereocenters. The van der Waals surface area contributed by atoms with E-state index in [4.69, 9.17) is 18.9 Å². The molecule has 8 N–H and O–H groups in total. The monoisotopic (exact) mass is 900 g/mol. The molecule has 2 aliphatic heterocycles. The van der Waals surface area contributed by atoms with E-state index in [2.05, 4.69) is 27.7 Å². The van der Waals surface area contributed by atoms with Crippen LogP contribution in [0.25, 0.3) is 0 Å². The molecule has 0 aromatic heterocycles. The fourth-order valence-corrected chi connectivity index (χ4v) is 13.4. The summed E-state index contributed by atoms with van der Waals surface area (Å²) in [6.07, 6.45) is -12.2. The van der Waals surface area contributed by atoms with Crippen LogP contribution in [0.15, 0.2) is 11.6 Å². The van der Waals surface area contributed by atoms with Gasteiger partial charge in [-0.25, -0.2) is 9.59 Å². The number of hydrogen-bond donors (Lipinski definition) is 8. The first-order valence-electron chi connectivity index (χ1n) is 20.7. The van der Waals surface area contributed by atoms with Crippen molar-refractivity contribution in [2.24, 2.45) is 50.2 Å². The predicted molar refractivity (Wildman–Crippen MR) is 211 cm³/mol.